The van der Waals surface area contributed by atoms with Crippen LogP contribution in [0.25, 0.3) is 0 Å². The molecule has 0 radical (unpaired) electrons. The third-order valence-corrected chi connectivity index (χ3v) is 3.77. The van der Waals surface area contributed by atoms with E-state index >= 15 is 0 Å². The summed E-state index contributed by atoms with van der Waals surface area (Å²) in [5, 5.41) is 22.4. The van der Waals surface area contributed by atoms with Gasteiger partial charge in [0.05, 0.1) is 4.92 Å². The van der Waals surface area contributed by atoms with E-state index in [0.717, 1.165) is 0 Å². The van der Waals surface area contributed by atoms with Crippen LogP contribution < -0.4 is 5.32 Å². The van der Waals surface area contributed by atoms with Gasteiger partial charge in [0.25, 0.3) is 11.6 Å². The highest BCUT2D eigenvalue weighted by Crippen LogP contribution is 2.14. The molecular weight excluding hydrogens is 380 g/mol. The van der Waals surface area contributed by atoms with E-state index in [1.54, 1.807) is 24.3 Å². The number of carbonyl (C=O) groups excluding carboxylic acids is 1. The molecule has 0 spiro atoms. The molecule has 2 N–H and O–H groups in total. The number of benzene rings is 2. The fraction of sp³-hybridized carbons (Fsp3) is 0.125. The second kappa shape index (κ2) is 7.69. The maximum Gasteiger partial charge on any atom is 0.326 e. The first-order valence-electron chi connectivity index (χ1n) is 6.89. The van der Waals surface area contributed by atoms with Crippen LogP contribution in [0.1, 0.15) is 15.9 Å². The van der Waals surface area contributed by atoms with E-state index in [4.69, 9.17) is 0 Å². The van der Waals surface area contributed by atoms with Crippen molar-refractivity contribution in [3.63, 3.8) is 0 Å². The quantitative estimate of drug-likeness (QED) is 0.580. The van der Waals surface area contributed by atoms with Crippen molar-refractivity contribution in [2.24, 2.45) is 0 Å². The number of hydrogen-bond donors (Lipinski definition) is 2. The largest absolute Gasteiger partial charge is 0.480 e. The molecule has 24 heavy (non-hydrogen) atoms. The average molecular weight is 393 g/mol. The highest BCUT2D eigenvalue weighted by molar-refractivity contribution is 9.10. The minimum absolute atomic E-state index is 0.0209. The van der Waals surface area contributed by atoms with E-state index in [1.165, 1.54) is 24.3 Å². The normalized spacial score (nSPS) is 11.5. The molecule has 7 nitrogen and oxygen atoms in total. The van der Waals surface area contributed by atoms with Crippen LogP contribution in [-0.2, 0) is 11.2 Å². The fourth-order valence-electron chi connectivity index (χ4n) is 2.06. The second-order valence-electron chi connectivity index (χ2n) is 5.00. The number of carbonyl (C=O) groups is 2. The van der Waals surface area contributed by atoms with Crippen molar-refractivity contribution in [3.8, 4) is 0 Å². The standard InChI is InChI=1S/C16H13BrN2O5/c17-12-3-1-2-11(9-12)15(20)18-14(16(21)22)8-10-4-6-13(7-5-10)19(23)24/h1-7,9,14H,8H2,(H,18,20)(H,21,22)/t14-/m0/s1. The third-order valence-electron chi connectivity index (χ3n) is 3.28. The number of nitrogens with zero attached hydrogens (tertiary/aromatic N) is 1. The Balaban J connectivity index is 2.10. The number of nitro benzene ring substituents is 1. The SMILES string of the molecule is O=C(N[C@@H](Cc1ccc([N+](=O)[O-])cc1)C(=O)O)c1cccc(Br)c1. The predicted octanol–water partition coefficient (Wildman–Crippen LogP) is 2.78. The molecule has 8 heteroatoms. The van der Waals surface area contributed by atoms with Crippen molar-refractivity contribution < 1.29 is 19.6 Å². The number of nitro groups is 1. The number of nitrogens with one attached hydrogen (secondary N) is 1. The lowest BCUT2D eigenvalue weighted by atomic mass is 10.0. The van der Waals surface area contributed by atoms with E-state index in [2.05, 4.69) is 21.2 Å². The van der Waals surface area contributed by atoms with Gasteiger partial charge in [0.2, 0.25) is 0 Å². The molecule has 2 rings (SSSR count). The smallest absolute Gasteiger partial charge is 0.326 e. The van der Waals surface area contributed by atoms with Crippen LogP contribution in [0.5, 0.6) is 0 Å². The predicted molar refractivity (Wildman–Crippen MR) is 89.8 cm³/mol. The minimum Gasteiger partial charge on any atom is -0.480 e. The number of carboxylic acid groups (broad SMARTS) is 1. The van der Waals surface area contributed by atoms with Gasteiger partial charge in [0.1, 0.15) is 6.04 Å². The highest BCUT2D eigenvalue weighted by Gasteiger charge is 2.21. The first-order chi connectivity index (χ1) is 11.4. The molecule has 1 amide bonds. The summed E-state index contributed by atoms with van der Waals surface area (Å²) in [6.07, 6.45) is 0.0209. The Morgan fingerprint density at radius 2 is 1.88 bits per heavy atom. The van der Waals surface area contributed by atoms with Crippen LogP contribution in [0.15, 0.2) is 53.0 Å². The van der Waals surface area contributed by atoms with Crippen LogP contribution in [0, 0.1) is 10.1 Å². The van der Waals surface area contributed by atoms with Crippen molar-refractivity contribution in [2.75, 3.05) is 0 Å². The molecule has 0 heterocycles. The summed E-state index contributed by atoms with van der Waals surface area (Å²) in [6, 6.07) is 11.0. The maximum atomic E-state index is 12.2. The Labute approximate surface area is 145 Å². The summed E-state index contributed by atoms with van der Waals surface area (Å²) in [5.74, 6) is -1.69. The zero-order valence-electron chi connectivity index (χ0n) is 12.3. The van der Waals surface area contributed by atoms with Gasteiger partial charge in [-0.1, -0.05) is 34.1 Å². The molecule has 0 aromatic heterocycles. The fourth-order valence-corrected chi connectivity index (χ4v) is 2.46. The summed E-state index contributed by atoms with van der Waals surface area (Å²) in [7, 11) is 0. The zero-order valence-corrected chi connectivity index (χ0v) is 13.9. The molecule has 2 aromatic rings. The van der Waals surface area contributed by atoms with E-state index in [1.807, 2.05) is 0 Å². The van der Waals surface area contributed by atoms with Crippen LogP contribution in [0.2, 0.25) is 0 Å². The van der Waals surface area contributed by atoms with Crippen molar-refractivity contribution in [1.82, 2.24) is 5.32 Å². The van der Waals surface area contributed by atoms with E-state index in [9.17, 15) is 24.8 Å². The number of aliphatic carboxylic acids is 1. The number of amides is 1. The van der Waals surface area contributed by atoms with Crippen molar-refractivity contribution in [3.05, 3.63) is 74.2 Å². The molecule has 0 fully saturated rings. The Hall–Kier alpha value is -2.74. The van der Waals surface area contributed by atoms with Gasteiger partial charge in [-0.15, -0.1) is 0 Å². The van der Waals surface area contributed by atoms with Crippen molar-refractivity contribution in [1.29, 1.82) is 0 Å². The van der Waals surface area contributed by atoms with Crippen LogP contribution in [-0.4, -0.2) is 27.9 Å². The van der Waals surface area contributed by atoms with Crippen LogP contribution >= 0.6 is 15.9 Å². The van der Waals surface area contributed by atoms with E-state index < -0.39 is 22.8 Å². The second-order valence-corrected chi connectivity index (χ2v) is 5.92. The third kappa shape index (κ3) is 4.63. The van der Waals surface area contributed by atoms with Gasteiger partial charge in [-0.25, -0.2) is 4.79 Å². The molecule has 0 aliphatic heterocycles. The zero-order chi connectivity index (χ0) is 17.7. The molecule has 0 unspecified atom stereocenters. The molecule has 0 aliphatic carbocycles. The molecule has 0 saturated heterocycles. The maximum absolute atomic E-state index is 12.2. The Morgan fingerprint density at radius 1 is 1.21 bits per heavy atom. The number of halogens is 1. The van der Waals surface area contributed by atoms with E-state index in [0.29, 0.717) is 15.6 Å². The Bertz CT molecular complexity index is 776. The molecular formula is C16H13BrN2O5. The van der Waals surface area contributed by atoms with Gasteiger partial charge in [-0.2, -0.15) is 0 Å². The number of rotatable bonds is 6. The van der Waals surface area contributed by atoms with Crippen LogP contribution in [0.4, 0.5) is 5.69 Å². The Kier molecular flexibility index (Phi) is 5.64. The number of hydrogen-bond acceptors (Lipinski definition) is 4. The molecule has 124 valence electrons. The molecule has 0 bridgehead atoms. The topological polar surface area (TPSA) is 110 Å². The lowest BCUT2D eigenvalue weighted by Crippen LogP contribution is -2.42. The summed E-state index contributed by atoms with van der Waals surface area (Å²) in [6.45, 7) is 0. The molecule has 0 aliphatic rings. The summed E-state index contributed by atoms with van der Waals surface area (Å²) in [4.78, 5) is 33.6. The monoisotopic (exact) mass is 392 g/mol. The first kappa shape index (κ1) is 17.6. The minimum atomic E-state index is -1.18. The van der Waals surface area contributed by atoms with Gasteiger partial charge in [-0.05, 0) is 23.8 Å². The van der Waals surface area contributed by atoms with Gasteiger partial charge in [0, 0.05) is 28.6 Å². The molecule has 1 atom stereocenters. The van der Waals surface area contributed by atoms with Gasteiger partial charge >= 0.3 is 5.97 Å². The summed E-state index contributed by atoms with van der Waals surface area (Å²) < 4.78 is 0.706. The first-order valence-corrected chi connectivity index (χ1v) is 7.68. The Morgan fingerprint density at radius 3 is 2.42 bits per heavy atom. The van der Waals surface area contributed by atoms with Gasteiger partial charge < -0.3 is 10.4 Å². The van der Waals surface area contributed by atoms with Crippen LogP contribution in [0.3, 0.4) is 0 Å². The molecule has 2 aromatic carbocycles. The van der Waals surface area contributed by atoms with Gasteiger partial charge in [-0.3, -0.25) is 14.9 Å². The summed E-state index contributed by atoms with van der Waals surface area (Å²) in [5.41, 5.74) is 0.825. The van der Waals surface area contributed by atoms with Crippen molar-refractivity contribution in [2.45, 2.75) is 12.5 Å². The average Bonchev–Trinajstić information content (AvgIpc) is 2.54. The van der Waals surface area contributed by atoms with Crippen molar-refractivity contribution >= 4 is 33.5 Å². The molecule has 0 saturated carbocycles. The number of non-ortho nitro benzene ring substituents is 1. The number of carboxylic acids is 1. The lowest BCUT2D eigenvalue weighted by molar-refractivity contribution is -0.384. The summed E-state index contributed by atoms with van der Waals surface area (Å²) >= 11 is 3.25. The lowest BCUT2D eigenvalue weighted by Gasteiger charge is -2.14. The van der Waals surface area contributed by atoms with Gasteiger partial charge in [0.15, 0.2) is 0 Å². The highest BCUT2D eigenvalue weighted by atomic mass is 79.9. The van der Waals surface area contributed by atoms with E-state index in [-0.39, 0.29) is 12.1 Å².